The summed E-state index contributed by atoms with van der Waals surface area (Å²) in [6.07, 6.45) is 3.09. The molecule has 0 bridgehead atoms. The molecule has 1 aliphatic heterocycles. The molecular weight excluding hydrogens is 420 g/mol. The molecule has 166 valence electrons. The van der Waals surface area contributed by atoms with Crippen molar-refractivity contribution in [2.75, 3.05) is 13.1 Å². The Kier molecular flexibility index (Phi) is 6.22. The van der Waals surface area contributed by atoms with Crippen molar-refractivity contribution >= 4 is 11.6 Å². The molecule has 2 heterocycles. The topological polar surface area (TPSA) is 93.3 Å². The van der Waals surface area contributed by atoms with Crippen LogP contribution in [0.15, 0.2) is 54.7 Å². The number of likely N-dealkylation sites (tertiary alicyclic amines) is 1. The lowest BCUT2D eigenvalue weighted by molar-refractivity contribution is -0.384. The molecule has 3 aromatic rings. The number of aromatic nitrogens is 2. The number of carbonyl (C=O) groups excluding carboxylic acids is 1. The van der Waals surface area contributed by atoms with E-state index in [1.165, 1.54) is 22.9 Å². The second-order valence-corrected chi connectivity index (χ2v) is 7.69. The zero-order chi connectivity index (χ0) is 22.7. The molecule has 4 rings (SSSR count). The smallest absolute Gasteiger partial charge is 0.272 e. The van der Waals surface area contributed by atoms with Crippen molar-refractivity contribution in [3.8, 4) is 5.69 Å². The number of carbonyl (C=O) groups is 1. The first-order valence-corrected chi connectivity index (χ1v) is 10.2. The van der Waals surface area contributed by atoms with Crippen molar-refractivity contribution in [1.29, 1.82) is 0 Å². The minimum Gasteiger partial charge on any atom is -0.348 e. The molecule has 0 aliphatic carbocycles. The van der Waals surface area contributed by atoms with Gasteiger partial charge in [0.1, 0.15) is 0 Å². The van der Waals surface area contributed by atoms with Crippen LogP contribution in [0.4, 0.5) is 14.5 Å². The Morgan fingerprint density at radius 1 is 1.09 bits per heavy atom. The number of halogens is 2. The Morgan fingerprint density at radius 3 is 2.47 bits per heavy atom. The molecule has 8 nitrogen and oxygen atoms in total. The van der Waals surface area contributed by atoms with Crippen molar-refractivity contribution in [2.24, 2.45) is 0 Å². The van der Waals surface area contributed by atoms with Gasteiger partial charge in [-0.3, -0.25) is 19.8 Å². The molecule has 1 amide bonds. The van der Waals surface area contributed by atoms with Gasteiger partial charge in [-0.25, -0.2) is 13.5 Å². The van der Waals surface area contributed by atoms with E-state index < -0.39 is 16.6 Å². The van der Waals surface area contributed by atoms with Gasteiger partial charge >= 0.3 is 0 Å². The highest BCUT2D eigenvalue weighted by atomic mass is 19.2. The van der Waals surface area contributed by atoms with Crippen molar-refractivity contribution < 1.29 is 18.5 Å². The van der Waals surface area contributed by atoms with E-state index in [0.29, 0.717) is 17.8 Å². The standard InChI is InChI=1S/C22H21F2N5O3/c23-19-6-1-15(13-20(19)24)14-27-10-7-16(8-11-27)25-22(30)21-9-12-28(26-21)17-2-4-18(5-3-17)29(31)32/h1-6,9,12-13,16H,7-8,10-11,14H2,(H,25,30). The lowest BCUT2D eigenvalue weighted by atomic mass is 10.0. The van der Waals surface area contributed by atoms with Crippen LogP contribution in [0.3, 0.4) is 0 Å². The molecule has 1 aromatic heterocycles. The van der Waals surface area contributed by atoms with Crippen molar-refractivity contribution in [2.45, 2.75) is 25.4 Å². The number of amides is 1. The van der Waals surface area contributed by atoms with E-state index in [1.54, 1.807) is 30.5 Å². The van der Waals surface area contributed by atoms with E-state index >= 15 is 0 Å². The average molecular weight is 441 g/mol. The molecule has 0 spiro atoms. The second kappa shape index (κ2) is 9.23. The van der Waals surface area contributed by atoms with E-state index in [0.717, 1.165) is 32.0 Å². The maximum atomic E-state index is 13.4. The van der Waals surface area contributed by atoms with Gasteiger partial charge in [-0.05, 0) is 48.7 Å². The van der Waals surface area contributed by atoms with E-state index in [9.17, 15) is 23.7 Å². The fourth-order valence-electron chi connectivity index (χ4n) is 3.71. The summed E-state index contributed by atoms with van der Waals surface area (Å²) >= 11 is 0. The zero-order valence-electron chi connectivity index (χ0n) is 17.1. The maximum absolute atomic E-state index is 13.4. The summed E-state index contributed by atoms with van der Waals surface area (Å²) in [4.78, 5) is 25.0. The molecule has 1 aliphatic rings. The van der Waals surface area contributed by atoms with Crippen molar-refractivity contribution in [3.63, 3.8) is 0 Å². The highest BCUT2D eigenvalue weighted by Crippen LogP contribution is 2.17. The number of nitro benzene ring substituents is 1. The third kappa shape index (κ3) is 4.97. The molecule has 1 N–H and O–H groups in total. The van der Waals surface area contributed by atoms with Crippen LogP contribution in [0.2, 0.25) is 0 Å². The van der Waals surface area contributed by atoms with Gasteiger partial charge in [-0.15, -0.1) is 0 Å². The van der Waals surface area contributed by atoms with E-state index in [4.69, 9.17) is 0 Å². The summed E-state index contributed by atoms with van der Waals surface area (Å²) in [5.74, 6) is -1.99. The highest BCUT2D eigenvalue weighted by Gasteiger charge is 2.22. The molecule has 0 radical (unpaired) electrons. The van der Waals surface area contributed by atoms with Crippen LogP contribution in [0.25, 0.3) is 5.69 Å². The summed E-state index contributed by atoms with van der Waals surface area (Å²) in [6.45, 7) is 1.97. The Hall–Kier alpha value is -3.66. The van der Waals surface area contributed by atoms with Crippen LogP contribution in [-0.4, -0.2) is 44.6 Å². The zero-order valence-corrected chi connectivity index (χ0v) is 17.1. The Morgan fingerprint density at radius 2 is 1.81 bits per heavy atom. The number of hydrogen-bond donors (Lipinski definition) is 1. The van der Waals surface area contributed by atoms with E-state index in [2.05, 4.69) is 15.3 Å². The number of rotatable bonds is 6. The molecule has 2 aromatic carbocycles. The van der Waals surface area contributed by atoms with E-state index in [1.807, 2.05) is 0 Å². The van der Waals surface area contributed by atoms with E-state index in [-0.39, 0.29) is 23.3 Å². The lowest BCUT2D eigenvalue weighted by Crippen LogP contribution is -2.44. The number of hydrogen-bond acceptors (Lipinski definition) is 5. The van der Waals surface area contributed by atoms with Crippen molar-refractivity contribution in [1.82, 2.24) is 20.0 Å². The number of nitro groups is 1. The van der Waals surface area contributed by atoms with Crippen LogP contribution in [0, 0.1) is 21.7 Å². The summed E-state index contributed by atoms with van der Waals surface area (Å²) in [5.41, 5.74) is 1.56. The molecule has 1 fully saturated rings. The first-order chi connectivity index (χ1) is 15.4. The first-order valence-electron chi connectivity index (χ1n) is 10.2. The lowest BCUT2D eigenvalue weighted by Gasteiger charge is -2.32. The third-order valence-corrected chi connectivity index (χ3v) is 5.46. The third-order valence-electron chi connectivity index (χ3n) is 5.46. The number of piperidine rings is 1. The van der Waals surface area contributed by atoms with Gasteiger partial charge in [0.15, 0.2) is 17.3 Å². The largest absolute Gasteiger partial charge is 0.348 e. The van der Waals surface area contributed by atoms with Gasteiger partial charge in [0.2, 0.25) is 0 Å². The summed E-state index contributed by atoms with van der Waals surface area (Å²) in [5, 5.41) is 18.0. The predicted molar refractivity (Wildman–Crippen MR) is 112 cm³/mol. The predicted octanol–water partition coefficient (Wildman–Crippen LogP) is 3.45. The quantitative estimate of drug-likeness (QED) is 0.467. The number of nitrogens with one attached hydrogen (secondary N) is 1. The molecule has 1 saturated heterocycles. The monoisotopic (exact) mass is 441 g/mol. The molecule has 10 heteroatoms. The van der Waals surface area contributed by atoms with Crippen LogP contribution < -0.4 is 5.32 Å². The minimum atomic E-state index is -0.855. The SMILES string of the molecule is O=C(NC1CCN(Cc2ccc(F)c(F)c2)CC1)c1ccn(-c2ccc([N+](=O)[O-])cc2)n1. The van der Waals surface area contributed by atoms with Gasteiger partial charge in [0, 0.05) is 44.0 Å². The molecule has 0 saturated carbocycles. The Bertz CT molecular complexity index is 1120. The summed E-state index contributed by atoms with van der Waals surface area (Å²) < 4.78 is 27.9. The summed E-state index contributed by atoms with van der Waals surface area (Å²) in [6, 6.07) is 11.4. The van der Waals surface area contributed by atoms with Gasteiger partial charge in [0.25, 0.3) is 11.6 Å². The summed E-state index contributed by atoms with van der Waals surface area (Å²) in [7, 11) is 0. The van der Waals surface area contributed by atoms with Crippen molar-refractivity contribution in [3.05, 3.63) is 87.7 Å². The number of benzene rings is 2. The normalized spacial score (nSPS) is 14.9. The molecular formula is C22H21F2N5O3. The highest BCUT2D eigenvalue weighted by molar-refractivity contribution is 5.92. The van der Waals surface area contributed by atoms with Gasteiger partial charge < -0.3 is 5.32 Å². The van der Waals surface area contributed by atoms with Crippen LogP contribution in [-0.2, 0) is 6.54 Å². The Labute approximate surface area is 182 Å². The molecule has 0 unspecified atom stereocenters. The number of non-ortho nitro benzene ring substituents is 1. The van der Waals surface area contributed by atoms with Crippen LogP contribution in [0.5, 0.6) is 0 Å². The average Bonchev–Trinajstić information content (AvgIpc) is 3.28. The van der Waals surface area contributed by atoms with Crippen LogP contribution >= 0.6 is 0 Å². The second-order valence-electron chi connectivity index (χ2n) is 7.69. The van der Waals surface area contributed by atoms with Gasteiger partial charge in [-0.1, -0.05) is 6.07 Å². The minimum absolute atomic E-state index is 0.00627. The van der Waals surface area contributed by atoms with Gasteiger partial charge in [-0.2, -0.15) is 5.10 Å². The van der Waals surface area contributed by atoms with Crippen LogP contribution in [0.1, 0.15) is 28.9 Å². The van der Waals surface area contributed by atoms with Gasteiger partial charge in [0.05, 0.1) is 10.6 Å². The Balaban J connectivity index is 1.29. The molecule has 32 heavy (non-hydrogen) atoms. The molecule has 0 atom stereocenters. The fourth-order valence-corrected chi connectivity index (χ4v) is 3.71. The maximum Gasteiger partial charge on any atom is 0.272 e. The number of nitrogens with zero attached hydrogens (tertiary/aromatic N) is 4. The fraction of sp³-hybridized carbons (Fsp3) is 0.273. The first kappa shape index (κ1) is 21.6.